The normalized spacial score (nSPS) is 22.9. The maximum absolute atomic E-state index is 11.0. The molecule has 0 aliphatic carbocycles. The van der Waals surface area contributed by atoms with Crippen molar-refractivity contribution in [1.29, 1.82) is 0 Å². The van der Waals surface area contributed by atoms with E-state index in [1.54, 1.807) is 14.0 Å². The summed E-state index contributed by atoms with van der Waals surface area (Å²) in [6, 6.07) is 0. The van der Waals surface area contributed by atoms with Crippen LogP contribution in [0.5, 0.6) is 0 Å². The zero-order chi connectivity index (χ0) is 11.5. The molecule has 0 amide bonds. The van der Waals surface area contributed by atoms with Crippen molar-refractivity contribution in [3.8, 4) is 0 Å². The Kier molecular flexibility index (Phi) is 4.07. The average molecular weight is 217 g/mol. The molecule has 2 atom stereocenters. The summed E-state index contributed by atoms with van der Waals surface area (Å²) in [5, 5.41) is 11.9. The molecule has 88 valence electrons. The van der Waals surface area contributed by atoms with E-state index in [0.717, 1.165) is 0 Å². The minimum Gasteiger partial charge on any atom is -0.480 e. The molecule has 1 saturated heterocycles. The van der Waals surface area contributed by atoms with E-state index in [1.165, 1.54) is 0 Å². The van der Waals surface area contributed by atoms with Crippen molar-refractivity contribution < 1.29 is 19.4 Å². The standard InChI is InChI=1S/C10H19NO4/c1-7(15-8-5-14-6-8)4-10(2,11-3)9(12)13/h7-8,11H,4-6H2,1-3H3,(H,12,13). The van der Waals surface area contributed by atoms with Gasteiger partial charge in [-0.05, 0) is 20.9 Å². The zero-order valence-corrected chi connectivity index (χ0v) is 9.45. The summed E-state index contributed by atoms with van der Waals surface area (Å²) in [5.41, 5.74) is -0.927. The van der Waals surface area contributed by atoms with Crippen molar-refractivity contribution in [2.75, 3.05) is 20.3 Å². The molecule has 0 aromatic carbocycles. The van der Waals surface area contributed by atoms with Crippen molar-refractivity contribution in [2.45, 2.75) is 38.0 Å². The van der Waals surface area contributed by atoms with Gasteiger partial charge in [0.1, 0.15) is 11.6 Å². The highest BCUT2D eigenvalue weighted by molar-refractivity contribution is 5.78. The molecule has 5 nitrogen and oxygen atoms in total. The number of ether oxygens (including phenoxy) is 2. The number of carbonyl (C=O) groups is 1. The fraction of sp³-hybridized carbons (Fsp3) is 0.900. The number of nitrogens with one attached hydrogen (secondary N) is 1. The molecule has 1 fully saturated rings. The maximum Gasteiger partial charge on any atom is 0.323 e. The van der Waals surface area contributed by atoms with Gasteiger partial charge in [-0.2, -0.15) is 0 Å². The molecule has 1 aliphatic rings. The molecule has 0 saturated carbocycles. The van der Waals surface area contributed by atoms with Crippen LogP contribution in [0.25, 0.3) is 0 Å². The third-order valence-electron chi connectivity index (χ3n) is 2.75. The molecule has 2 unspecified atom stereocenters. The molecule has 0 spiro atoms. The van der Waals surface area contributed by atoms with Gasteiger partial charge in [-0.15, -0.1) is 0 Å². The van der Waals surface area contributed by atoms with Gasteiger partial charge in [0, 0.05) is 6.42 Å². The van der Waals surface area contributed by atoms with Gasteiger partial charge in [0.05, 0.1) is 19.3 Å². The SMILES string of the molecule is CNC(C)(CC(C)OC1COC1)C(=O)O. The molecule has 1 heterocycles. The van der Waals surface area contributed by atoms with Crippen LogP contribution < -0.4 is 5.32 Å². The molecular formula is C10H19NO4. The van der Waals surface area contributed by atoms with Crippen molar-refractivity contribution in [3.05, 3.63) is 0 Å². The third-order valence-corrected chi connectivity index (χ3v) is 2.75. The van der Waals surface area contributed by atoms with Crippen LogP contribution in [-0.4, -0.2) is 49.1 Å². The van der Waals surface area contributed by atoms with Gasteiger partial charge in [0.25, 0.3) is 0 Å². The summed E-state index contributed by atoms with van der Waals surface area (Å²) in [4.78, 5) is 11.0. The second-order valence-electron chi connectivity index (χ2n) is 4.20. The highest BCUT2D eigenvalue weighted by atomic mass is 16.6. The highest BCUT2D eigenvalue weighted by Gasteiger charge is 2.34. The third kappa shape index (κ3) is 3.15. The van der Waals surface area contributed by atoms with Crippen LogP contribution in [0.4, 0.5) is 0 Å². The average Bonchev–Trinajstić information content (AvgIpc) is 2.11. The van der Waals surface area contributed by atoms with Gasteiger partial charge < -0.3 is 19.9 Å². The first-order chi connectivity index (χ1) is 6.98. The largest absolute Gasteiger partial charge is 0.480 e. The van der Waals surface area contributed by atoms with Crippen LogP contribution >= 0.6 is 0 Å². The number of hydrogen-bond donors (Lipinski definition) is 2. The molecule has 2 N–H and O–H groups in total. The highest BCUT2D eigenvalue weighted by Crippen LogP contribution is 2.17. The minimum atomic E-state index is -0.927. The zero-order valence-electron chi connectivity index (χ0n) is 9.45. The lowest BCUT2D eigenvalue weighted by atomic mass is 9.95. The van der Waals surface area contributed by atoms with Gasteiger partial charge in [0.15, 0.2) is 0 Å². The summed E-state index contributed by atoms with van der Waals surface area (Å²) in [6.07, 6.45) is 0.484. The Morgan fingerprint density at radius 3 is 2.67 bits per heavy atom. The van der Waals surface area contributed by atoms with E-state index in [0.29, 0.717) is 19.6 Å². The molecule has 0 aromatic heterocycles. The lowest BCUT2D eigenvalue weighted by Gasteiger charge is -2.33. The molecule has 0 radical (unpaired) electrons. The fourth-order valence-electron chi connectivity index (χ4n) is 1.54. The van der Waals surface area contributed by atoms with E-state index < -0.39 is 11.5 Å². The summed E-state index contributed by atoms with van der Waals surface area (Å²) in [7, 11) is 1.65. The lowest BCUT2D eigenvalue weighted by molar-refractivity contribution is -0.161. The van der Waals surface area contributed by atoms with Crippen LogP contribution in [0.2, 0.25) is 0 Å². The molecular weight excluding hydrogens is 198 g/mol. The minimum absolute atomic E-state index is 0.0903. The Bertz CT molecular complexity index is 229. The molecule has 1 rings (SSSR count). The number of carboxylic acid groups (broad SMARTS) is 1. The number of likely N-dealkylation sites (N-methyl/N-ethyl adjacent to an activating group) is 1. The Morgan fingerprint density at radius 1 is 1.73 bits per heavy atom. The van der Waals surface area contributed by atoms with Gasteiger partial charge >= 0.3 is 5.97 Å². The molecule has 0 bridgehead atoms. The predicted octanol–water partition coefficient (Wildman–Crippen LogP) is 0.243. The Labute approximate surface area is 89.8 Å². The van der Waals surface area contributed by atoms with Gasteiger partial charge in [0.2, 0.25) is 0 Å². The summed E-state index contributed by atoms with van der Waals surface area (Å²) in [5.74, 6) is -0.856. The smallest absolute Gasteiger partial charge is 0.323 e. The van der Waals surface area contributed by atoms with Crippen LogP contribution in [-0.2, 0) is 14.3 Å². The maximum atomic E-state index is 11.0. The first-order valence-electron chi connectivity index (χ1n) is 5.13. The Hall–Kier alpha value is -0.650. The number of carboxylic acids is 1. The summed E-state index contributed by atoms with van der Waals surface area (Å²) in [6.45, 7) is 4.78. The molecule has 0 aromatic rings. The van der Waals surface area contributed by atoms with E-state index in [2.05, 4.69) is 5.32 Å². The van der Waals surface area contributed by atoms with Gasteiger partial charge in [-0.1, -0.05) is 0 Å². The van der Waals surface area contributed by atoms with Crippen molar-refractivity contribution in [2.24, 2.45) is 0 Å². The van der Waals surface area contributed by atoms with Crippen LogP contribution in [0.3, 0.4) is 0 Å². The number of hydrogen-bond acceptors (Lipinski definition) is 4. The van der Waals surface area contributed by atoms with E-state index in [-0.39, 0.29) is 12.2 Å². The fourth-order valence-corrected chi connectivity index (χ4v) is 1.54. The van der Waals surface area contributed by atoms with Gasteiger partial charge in [-0.3, -0.25) is 4.79 Å². The summed E-state index contributed by atoms with van der Waals surface area (Å²) < 4.78 is 10.6. The number of aliphatic carboxylic acids is 1. The van der Waals surface area contributed by atoms with E-state index in [1.807, 2.05) is 6.92 Å². The van der Waals surface area contributed by atoms with Crippen molar-refractivity contribution >= 4 is 5.97 Å². The first-order valence-corrected chi connectivity index (χ1v) is 5.13. The second-order valence-corrected chi connectivity index (χ2v) is 4.20. The Morgan fingerprint density at radius 2 is 2.33 bits per heavy atom. The Balaban J connectivity index is 2.39. The second kappa shape index (κ2) is 4.92. The monoisotopic (exact) mass is 217 g/mol. The molecule has 15 heavy (non-hydrogen) atoms. The predicted molar refractivity (Wildman–Crippen MR) is 54.9 cm³/mol. The van der Waals surface area contributed by atoms with E-state index >= 15 is 0 Å². The van der Waals surface area contributed by atoms with Crippen LogP contribution in [0, 0.1) is 0 Å². The topological polar surface area (TPSA) is 67.8 Å². The van der Waals surface area contributed by atoms with Crippen LogP contribution in [0.15, 0.2) is 0 Å². The lowest BCUT2D eigenvalue weighted by Crippen LogP contribution is -2.50. The van der Waals surface area contributed by atoms with Gasteiger partial charge in [-0.25, -0.2) is 0 Å². The summed E-state index contributed by atoms with van der Waals surface area (Å²) >= 11 is 0. The molecule has 1 aliphatic heterocycles. The van der Waals surface area contributed by atoms with Crippen LogP contribution in [0.1, 0.15) is 20.3 Å². The van der Waals surface area contributed by atoms with Crippen molar-refractivity contribution in [1.82, 2.24) is 5.32 Å². The quantitative estimate of drug-likeness (QED) is 0.667. The molecule has 5 heteroatoms. The first kappa shape index (κ1) is 12.4. The van der Waals surface area contributed by atoms with E-state index in [9.17, 15) is 4.79 Å². The van der Waals surface area contributed by atoms with E-state index in [4.69, 9.17) is 14.6 Å². The number of rotatable bonds is 6. The van der Waals surface area contributed by atoms with Crippen molar-refractivity contribution in [3.63, 3.8) is 0 Å².